The van der Waals surface area contributed by atoms with Crippen LogP contribution < -0.4 is 76.5 Å². The zero-order valence-electron chi connectivity index (χ0n) is 49.1. The molecule has 0 saturated carbocycles. The lowest BCUT2D eigenvalue weighted by Gasteiger charge is -2.30. The van der Waals surface area contributed by atoms with E-state index in [-0.39, 0.29) is 81.0 Å². The molecule has 1 aromatic heterocycles. The molecule has 0 fully saturated rings. The lowest BCUT2D eigenvalue weighted by molar-refractivity contribution is -0.142. The van der Waals surface area contributed by atoms with Crippen molar-refractivity contribution in [2.75, 3.05) is 31.9 Å². The van der Waals surface area contributed by atoms with Gasteiger partial charge in [-0.15, -0.1) is 0 Å². The van der Waals surface area contributed by atoms with Gasteiger partial charge in [0.2, 0.25) is 53.2 Å². The summed E-state index contributed by atoms with van der Waals surface area (Å²) in [6, 6.07) is -10.9. The average molecular weight is 1180 g/mol. The lowest BCUT2D eigenvalue weighted by atomic mass is 9.96. The van der Waals surface area contributed by atoms with Crippen LogP contribution >= 0.6 is 12.6 Å². The van der Waals surface area contributed by atoms with Gasteiger partial charge in [0.05, 0.1) is 18.9 Å². The van der Waals surface area contributed by atoms with Crippen LogP contribution in [0.1, 0.15) is 138 Å². The van der Waals surface area contributed by atoms with Gasteiger partial charge in [0, 0.05) is 30.6 Å². The number of nitrogens with one attached hydrogen (secondary N) is 10. The lowest BCUT2D eigenvalue weighted by Crippen LogP contribution is -2.61. The van der Waals surface area contributed by atoms with E-state index in [9.17, 15) is 53.1 Å². The van der Waals surface area contributed by atoms with Crippen molar-refractivity contribution in [2.45, 2.75) is 193 Å². The molecule has 28 nitrogen and oxygen atoms in total. The smallest absolute Gasteiger partial charge is 0.326 e. The zero-order chi connectivity index (χ0) is 62.1. The number of carboxylic acids is 1. The number of carboxylic acid groups (broad SMARTS) is 1. The molecule has 0 bridgehead atoms. The largest absolute Gasteiger partial charge is 0.480 e. The molecule has 0 spiro atoms. The maximum absolute atomic E-state index is 14.5. The minimum absolute atomic E-state index is 0.00375. The summed E-state index contributed by atoms with van der Waals surface area (Å²) in [6.45, 7) is 14.6. The molecule has 0 radical (unpaired) electrons. The predicted octanol–water partition coefficient (Wildman–Crippen LogP) is -2.22. The Hall–Kier alpha value is -6.59. The molecule has 0 aliphatic heterocycles. The van der Waals surface area contributed by atoms with E-state index in [1.165, 1.54) is 12.5 Å². The molecule has 0 aromatic carbocycles. The molecule has 21 N–H and O–H groups in total. The molecule has 0 unspecified atom stereocenters. The molecule has 82 heavy (non-hydrogen) atoms. The number of H-pyrrole nitrogens is 1. The standard InChI is InChI=1S/C53H97N17O11S/c1-9-32(8)43(70-47(75)36(17-14-20-60-53(57)58)65-46(74)35(16-11-13-19-55)64-44(72)34(56)15-10-12-18-54)51(79)68-38(22-30(4)5)48(76)67-39(24-33-25-59-28-62-33)49(77)69-41(27-82)50(78)66-37(21-29(2)3)45(73)61-26-42(71)63-40(52(80)81)23-31(6)7/h25,28-32,34-41,43,82H,9-24,26-27,54-56H2,1-8H3,(H,59,62)(H,61,73)(H,63,71)(H,64,72)(H,65,74)(H,66,78)(H,67,76)(H,68,79)(H,69,77)(H,70,75)(H,80,81)(H4,57,58,60)/t32-,34-,35-,36-,37-,38-,39-,40-,41-,43-/m0/s1. The highest BCUT2D eigenvalue weighted by Gasteiger charge is 2.36. The number of hydrogen-bond donors (Lipinski definition) is 17. The van der Waals surface area contributed by atoms with Gasteiger partial charge < -0.3 is 86.6 Å². The van der Waals surface area contributed by atoms with Crippen molar-refractivity contribution in [3.63, 3.8) is 0 Å². The van der Waals surface area contributed by atoms with Gasteiger partial charge in [-0.1, -0.05) is 68.2 Å². The number of hydrogen-bond acceptors (Lipinski definition) is 16. The number of thiol groups is 1. The normalized spacial score (nSPS) is 15.0. The zero-order valence-corrected chi connectivity index (χ0v) is 50.0. The highest BCUT2D eigenvalue weighted by molar-refractivity contribution is 7.80. The minimum Gasteiger partial charge on any atom is -0.480 e. The molecule has 0 aliphatic rings. The summed E-state index contributed by atoms with van der Waals surface area (Å²) in [5, 5.41) is 33.3. The Morgan fingerprint density at radius 3 is 1.57 bits per heavy atom. The van der Waals surface area contributed by atoms with Crippen LogP contribution in [-0.4, -0.2) is 166 Å². The summed E-state index contributed by atoms with van der Waals surface area (Å²) in [4.78, 5) is 147. The maximum Gasteiger partial charge on any atom is 0.326 e. The first kappa shape index (κ1) is 73.4. The highest BCUT2D eigenvalue weighted by Crippen LogP contribution is 2.15. The fourth-order valence-corrected chi connectivity index (χ4v) is 8.67. The number of aliphatic imine (C=N–C) groups is 1. The van der Waals surface area contributed by atoms with Gasteiger partial charge in [-0.3, -0.25) is 48.1 Å². The first-order valence-corrected chi connectivity index (χ1v) is 29.0. The van der Waals surface area contributed by atoms with E-state index in [2.05, 4.69) is 75.4 Å². The summed E-state index contributed by atoms with van der Waals surface area (Å²) in [7, 11) is 0. The van der Waals surface area contributed by atoms with Gasteiger partial charge in [0.15, 0.2) is 5.96 Å². The van der Waals surface area contributed by atoms with Crippen molar-refractivity contribution < 1.29 is 53.1 Å². The Labute approximate surface area is 487 Å². The fourth-order valence-electron chi connectivity index (χ4n) is 8.41. The van der Waals surface area contributed by atoms with E-state index in [0.717, 1.165) is 0 Å². The van der Waals surface area contributed by atoms with Crippen LogP contribution in [0.25, 0.3) is 0 Å². The third-order valence-corrected chi connectivity index (χ3v) is 13.5. The first-order valence-electron chi connectivity index (χ1n) is 28.4. The number of aromatic amines is 1. The number of nitrogens with two attached hydrogens (primary N) is 5. The van der Waals surface area contributed by atoms with Crippen molar-refractivity contribution >= 4 is 77.7 Å². The second-order valence-electron chi connectivity index (χ2n) is 21.9. The van der Waals surface area contributed by atoms with Crippen LogP contribution in [0, 0.1) is 23.7 Å². The minimum atomic E-state index is -1.39. The molecule has 29 heteroatoms. The van der Waals surface area contributed by atoms with Gasteiger partial charge in [0.1, 0.15) is 48.3 Å². The van der Waals surface area contributed by atoms with Gasteiger partial charge >= 0.3 is 5.97 Å². The summed E-state index contributed by atoms with van der Waals surface area (Å²) in [6.07, 6.45) is 6.35. The van der Waals surface area contributed by atoms with Crippen molar-refractivity contribution in [3.05, 3.63) is 18.2 Å². The monoisotopic (exact) mass is 1180 g/mol. The van der Waals surface area contributed by atoms with Crippen molar-refractivity contribution in [1.82, 2.24) is 57.8 Å². The van der Waals surface area contributed by atoms with Gasteiger partial charge in [0.25, 0.3) is 0 Å². The van der Waals surface area contributed by atoms with E-state index in [1.807, 2.05) is 13.8 Å². The molecule has 1 heterocycles. The third-order valence-electron chi connectivity index (χ3n) is 13.1. The van der Waals surface area contributed by atoms with E-state index in [0.29, 0.717) is 57.3 Å². The molecular weight excluding hydrogens is 1080 g/mol. The number of rotatable bonds is 42. The third kappa shape index (κ3) is 29.4. The number of unbranched alkanes of at least 4 members (excludes halogenated alkanes) is 2. The van der Waals surface area contributed by atoms with Crippen LogP contribution in [0.15, 0.2) is 17.5 Å². The van der Waals surface area contributed by atoms with E-state index < -0.39 is 126 Å². The Balaban J connectivity index is 3.49. The van der Waals surface area contributed by atoms with Crippen molar-refractivity contribution in [2.24, 2.45) is 57.3 Å². The number of nitrogens with zero attached hydrogens (tertiary/aromatic N) is 2. The molecule has 9 amide bonds. The Kier molecular flexibility index (Phi) is 35.6. The molecule has 466 valence electrons. The van der Waals surface area contributed by atoms with Gasteiger partial charge in [-0.05, 0) is 101 Å². The number of imidazole rings is 1. The topological polar surface area (TPSA) is 470 Å². The SMILES string of the molecule is CC[C@H](C)[C@H](NC(=O)[C@H](CCCN=C(N)N)NC(=O)[C@H](CCCCN)NC(=O)[C@@H](N)CCCCN)C(=O)N[C@@H](CC(C)C)C(=O)N[C@@H](Cc1cnc[nH]1)C(=O)N[C@@H](CS)C(=O)N[C@@H](CC(C)C)C(=O)NCC(=O)N[C@@H](CC(C)C)C(=O)O. The summed E-state index contributed by atoms with van der Waals surface area (Å²) >= 11 is 4.31. The van der Waals surface area contributed by atoms with Crippen molar-refractivity contribution in [1.29, 1.82) is 0 Å². The Morgan fingerprint density at radius 1 is 0.585 bits per heavy atom. The second-order valence-corrected chi connectivity index (χ2v) is 22.3. The summed E-state index contributed by atoms with van der Waals surface area (Å²) in [5.74, 6) is -9.26. The summed E-state index contributed by atoms with van der Waals surface area (Å²) in [5.41, 5.74) is 29.0. The average Bonchev–Trinajstić information content (AvgIpc) is 3.93. The molecular formula is C53H97N17O11S. The quantitative estimate of drug-likeness (QED) is 0.0143. The predicted molar refractivity (Wildman–Crippen MR) is 314 cm³/mol. The first-order chi connectivity index (χ1) is 38.7. The number of carbonyl (C=O) groups excluding carboxylic acids is 9. The van der Waals surface area contributed by atoms with E-state index in [4.69, 9.17) is 28.7 Å². The Morgan fingerprint density at radius 2 is 1.05 bits per heavy atom. The van der Waals surface area contributed by atoms with Crippen molar-refractivity contribution in [3.8, 4) is 0 Å². The number of carbonyl (C=O) groups is 10. The van der Waals surface area contributed by atoms with Gasteiger partial charge in [-0.2, -0.15) is 12.6 Å². The molecule has 0 aliphatic carbocycles. The molecule has 1 rings (SSSR count). The number of guanidine groups is 1. The number of aromatic nitrogens is 2. The number of amides is 9. The molecule has 10 atom stereocenters. The highest BCUT2D eigenvalue weighted by atomic mass is 32.1. The van der Waals surface area contributed by atoms with E-state index in [1.54, 1.807) is 41.5 Å². The maximum atomic E-state index is 14.5. The van der Waals surface area contributed by atoms with Crippen LogP contribution in [-0.2, 0) is 54.4 Å². The second kappa shape index (κ2) is 39.8. The van der Waals surface area contributed by atoms with Crippen LogP contribution in [0.2, 0.25) is 0 Å². The van der Waals surface area contributed by atoms with Crippen LogP contribution in [0.5, 0.6) is 0 Å². The fraction of sp³-hybridized carbons (Fsp3) is 0.736. The Bertz CT molecular complexity index is 2200. The van der Waals surface area contributed by atoms with Crippen LogP contribution in [0.3, 0.4) is 0 Å². The number of aliphatic carboxylic acids is 1. The van der Waals surface area contributed by atoms with Crippen LogP contribution in [0.4, 0.5) is 0 Å². The van der Waals surface area contributed by atoms with E-state index >= 15 is 0 Å². The molecule has 0 saturated heterocycles. The summed E-state index contributed by atoms with van der Waals surface area (Å²) < 4.78 is 0. The molecule has 1 aromatic rings. The van der Waals surface area contributed by atoms with Gasteiger partial charge in [-0.25, -0.2) is 9.78 Å².